The second-order valence-electron chi connectivity index (χ2n) is 7.47. The molecule has 0 fully saturated rings. The van der Waals surface area contributed by atoms with Crippen LogP contribution in [0.1, 0.15) is 47.5 Å². The third-order valence-electron chi connectivity index (χ3n) is 3.40. The highest BCUT2D eigenvalue weighted by molar-refractivity contribution is 5.89. The third kappa shape index (κ3) is 6.91. The summed E-state index contributed by atoms with van der Waals surface area (Å²) >= 11 is 0. The first kappa shape index (κ1) is 20.4. The van der Waals surface area contributed by atoms with Gasteiger partial charge >= 0.3 is 5.97 Å². The van der Waals surface area contributed by atoms with Crippen LogP contribution in [-0.2, 0) is 14.4 Å². The molecule has 0 aromatic heterocycles. The average molecular weight is 314 g/mol. The van der Waals surface area contributed by atoms with Crippen LogP contribution in [0.15, 0.2) is 0 Å². The molecule has 6 heteroatoms. The van der Waals surface area contributed by atoms with Gasteiger partial charge < -0.3 is 15.3 Å². The van der Waals surface area contributed by atoms with Gasteiger partial charge in [-0.25, -0.2) is 0 Å². The van der Waals surface area contributed by atoms with Crippen LogP contribution in [0.4, 0.5) is 0 Å². The predicted octanol–water partition coefficient (Wildman–Crippen LogP) is 1.74. The molecule has 0 saturated carbocycles. The molecule has 0 spiro atoms. The maximum absolute atomic E-state index is 12.2. The molecule has 22 heavy (non-hydrogen) atoms. The fourth-order valence-corrected chi connectivity index (χ4v) is 2.19. The van der Waals surface area contributed by atoms with Crippen LogP contribution in [0.25, 0.3) is 0 Å². The van der Waals surface area contributed by atoms with Crippen LogP contribution in [0.2, 0.25) is 0 Å². The van der Waals surface area contributed by atoms with Crippen molar-refractivity contribution in [3.63, 3.8) is 0 Å². The average Bonchev–Trinajstić information content (AvgIpc) is 2.32. The number of amides is 2. The Kier molecular flexibility index (Phi) is 7.56. The summed E-state index contributed by atoms with van der Waals surface area (Å²) in [4.78, 5) is 37.1. The van der Waals surface area contributed by atoms with Crippen molar-refractivity contribution < 1.29 is 19.5 Å². The second-order valence-corrected chi connectivity index (χ2v) is 7.47. The Morgan fingerprint density at radius 3 is 1.95 bits per heavy atom. The molecule has 0 aliphatic rings. The number of carboxylic acids is 1. The Bertz CT molecular complexity index is 411. The Hall–Kier alpha value is -1.59. The molecule has 0 heterocycles. The van der Waals surface area contributed by atoms with Crippen molar-refractivity contribution in [2.24, 2.45) is 17.3 Å². The zero-order valence-electron chi connectivity index (χ0n) is 14.8. The van der Waals surface area contributed by atoms with Crippen LogP contribution in [0, 0.1) is 17.3 Å². The summed E-state index contributed by atoms with van der Waals surface area (Å²) < 4.78 is 0. The minimum atomic E-state index is -0.977. The van der Waals surface area contributed by atoms with Crippen LogP contribution in [0.5, 0.6) is 0 Å². The number of carboxylic acid groups (broad SMARTS) is 1. The van der Waals surface area contributed by atoms with Crippen molar-refractivity contribution in [1.29, 1.82) is 0 Å². The molecule has 0 radical (unpaired) electrons. The van der Waals surface area contributed by atoms with Gasteiger partial charge in [0.05, 0.1) is 5.92 Å². The molecule has 2 atom stereocenters. The van der Waals surface area contributed by atoms with E-state index in [0.29, 0.717) is 6.42 Å². The largest absolute Gasteiger partial charge is 0.481 e. The molecule has 0 aromatic carbocycles. The number of hydrogen-bond acceptors (Lipinski definition) is 3. The van der Waals surface area contributed by atoms with E-state index in [0.717, 1.165) is 0 Å². The molecule has 0 aliphatic carbocycles. The fourth-order valence-electron chi connectivity index (χ4n) is 2.19. The van der Waals surface area contributed by atoms with Gasteiger partial charge in [-0.1, -0.05) is 34.6 Å². The van der Waals surface area contributed by atoms with Crippen molar-refractivity contribution in [3.05, 3.63) is 0 Å². The van der Waals surface area contributed by atoms with E-state index in [1.165, 1.54) is 4.90 Å². The minimum absolute atomic E-state index is 0.110. The summed E-state index contributed by atoms with van der Waals surface area (Å²) in [5.74, 6) is -2.11. The number of carbonyl (C=O) groups excluding carboxylic acids is 2. The number of rotatable bonds is 7. The summed E-state index contributed by atoms with van der Waals surface area (Å²) in [6.45, 7) is 9.43. The molecule has 0 aromatic rings. The summed E-state index contributed by atoms with van der Waals surface area (Å²) in [6.07, 6.45) is 0.325. The lowest BCUT2D eigenvalue weighted by atomic mass is 9.85. The molecule has 0 rings (SSSR count). The highest BCUT2D eigenvalue weighted by Gasteiger charge is 2.34. The van der Waals surface area contributed by atoms with Gasteiger partial charge in [0.25, 0.3) is 0 Å². The molecule has 0 aliphatic heterocycles. The summed E-state index contributed by atoms with van der Waals surface area (Å²) in [7, 11) is 3.26. The quantitative estimate of drug-likeness (QED) is 0.749. The normalized spacial score (nSPS) is 14.4. The summed E-state index contributed by atoms with van der Waals surface area (Å²) in [5, 5.41) is 11.9. The Labute approximate surface area is 133 Å². The van der Waals surface area contributed by atoms with E-state index in [2.05, 4.69) is 5.32 Å². The first-order valence-corrected chi connectivity index (χ1v) is 7.59. The van der Waals surface area contributed by atoms with Crippen LogP contribution in [-0.4, -0.2) is 47.9 Å². The van der Waals surface area contributed by atoms with E-state index in [9.17, 15) is 19.5 Å². The zero-order chi connectivity index (χ0) is 17.7. The Morgan fingerprint density at radius 2 is 1.64 bits per heavy atom. The molecule has 2 N–H and O–H groups in total. The SMILES string of the molecule is CC(C)C[C@H](CC(=O)N[C@H](C(=O)N(C)C)C(C)(C)C)C(=O)O. The lowest BCUT2D eigenvalue weighted by Gasteiger charge is -2.32. The van der Waals surface area contributed by atoms with Gasteiger partial charge in [-0.15, -0.1) is 0 Å². The van der Waals surface area contributed by atoms with Crippen molar-refractivity contribution in [2.45, 2.75) is 53.5 Å². The van der Waals surface area contributed by atoms with E-state index >= 15 is 0 Å². The highest BCUT2D eigenvalue weighted by Crippen LogP contribution is 2.22. The van der Waals surface area contributed by atoms with Crippen molar-refractivity contribution in [1.82, 2.24) is 10.2 Å². The maximum atomic E-state index is 12.2. The van der Waals surface area contributed by atoms with Crippen LogP contribution < -0.4 is 5.32 Å². The highest BCUT2D eigenvalue weighted by atomic mass is 16.4. The van der Waals surface area contributed by atoms with Gasteiger partial charge in [-0.05, 0) is 17.8 Å². The van der Waals surface area contributed by atoms with Crippen molar-refractivity contribution in [3.8, 4) is 0 Å². The van der Waals surface area contributed by atoms with Gasteiger partial charge in [0.2, 0.25) is 11.8 Å². The van der Waals surface area contributed by atoms with Gasteiger partial charge in [-0.3, -0.25) is 14.4 Å². The number of aliphatic carboxylic acids is 1. The molecule has 0 bridgehead atoms. The van der Waals surface area contributed by atoms with E-state index in [1.54, 1.807) is 14.1 Å². The van der Waals surface area contributed by atoms with Crippen molar-refractivity contribution in [2.75, 3.05) is 14.1 Å². The first-order chi connectivity index (χ1) is 9.86. The molecule has 128 valence electrons. The van der Waals surface area contributed by atoms with Gasteiger partial charge in [-0.2, -0.15) is 0 Å². The van der Waals surface area contributed by atoms with E-state index < -0.39 is 29.3 Å². The number of nitrogens with one attached hydrogen (secondary N) is 1. The van der Waals surface area contributed by atoms with E-state index in [4.69, 9.17) is 0 Å². The van der Waals surface area contributed by atoms with Crippen LogP contribution in [0.3, 0.4) is 0 Å². The van der Waals surface area contributed by atoms with Gasteiger partial charge in [0, 0.05) is 20.5 Å². The summed E-state index contributed by atoms with van der Waals surface area (Å²) in [6, 6.07) is -0.677. The molecule has 2 amide bonds. The fraction of sp³-hybridized carbons (Fsp3) is 0.812. The van der Waals surface area contributed by atoms with Crippen molar-refractivity contribution >= 4 is 17.8 Å². The molecule has 0 unspecified atom stereocenters. The predicted molar refractivity (Wildman–Crippen MR) is 85.3 cm³/mol. The van der Waals surface area contributed by atoms with Gasteiger partial charge in [0.1, 0.15) is 6.04 Å². The number of carbonyl (C=O) groups is 3. The number of nitrogens with zero attached hydrogens (tertiary/aromatic N) is 1. The van der Waals surface area contributed by atoms with Crippen LogP contribution >= 0.6 is 0 Å². The first-order valence-electron chi connectivity index (χ1n) is 7.59. The minimum Gasteiger partial charge on any atom is -0.481 e. The van der Waals surface area contributed by atoms with E-state index in [1.807, 2.05) is 34.6 Å². The van der Waals surface area contributed by atoms with Gasteiger partial charge in [0.15, 0.2) is 0 Å². The molecule has 6 nitrogen and oxygen atoms in total. The Morgan fingerprint density at radius 1 is 1.14 bits per heavy atom. The lowest BCUT2D eigenvalue weighted by Crippen LogP contribution is -2.53. The molecule has 0 saturated heterocycles. The van der Waals surface area contributed by atoms with E-state index in [-0.39, 0.29) is 18.2 Å². The number of likely N-dealkylation sites (N-methyl/N-ethyl adjacent to an activating group) is 1. The Balaban J connectivity index is 4.96. The summed E-state index contributed by atoms with van der Waals surface area (Å²) in [5.41, 5.74) is -0.451. The standard InChI is InChI=1S/C16H30N2O4/c1-10(2)8-11(15(21)22)9-12(19)17-13(16(3,4)5)14(20)18(6)7/h10-11,13H,8-9H2,1-7H3,(H,17,19)(H,21,22)/t11-,13-/m1/s1. The second kappa shape index (κ2) is 8.15. The third-order valence-corrected chi connectivity index (χ3v) is 3.40. The zero-order valence-corrected chi connectivity index (χ0v) is 14.8. The molecular weight excluding hydrogens is 284 g/mol. The lowest BCUT2D eigenvalue weighted by molar-refractivity contribution is -0.145. The topological polar surface area (TPSA) is 86.7 Å². The molecular formula is C16H30N2O4. The smallest absolute Gasteiger partial charge is 0.307 e. The number of hydrogen-bond donors (Lipinski definition) is 2. The monoisotopic (exact) mass is 314 g/mol. The maximum Gasteiger partial charge on any atom is 0.307 e.